The zero-order valence-electron chi connectivity index (χ0n) is 19.2. The molecule has 3 aromatic rings. The van der Waals surface area contributed by atoms with Gasteiger partial charge in [0, 0.05) is 35.8 Å². The molecule has 2 aliphatic rings. The summed E-state index contributed by atoms with van der Waals surface area (Å²) in [6.45, 7) is 3.06. The minimum absolute atomic E-state index is 0.0177. The zero-order valence-corrected chi connectivity index (χ0v) is 19.2. The Morgan fingerprint density at radius 1 is 1.15 bits per heavy atom. The molecule has 0 aliphatic carbocycles. The second kappa shape index (κ2) is 9.87. The summed E-state index contributed by atoms with van der Waals surface area (Å²) in [5.41, 5.74) is 2.38. The van der Waals surface area contributed by atoms with Gasteiger partial charge in [0.15, 0.2) is 11.5 Å². The number of ether oxygens (including phenoxy) is 3. The van der Waals surface area contributed by atoms with Gasteiger partial charge in [-0.1, -0.05) is 0 Å². The lowest BCUT2D eigenvalue weighted by Crippen LogP contribution is -2.40. The van der Waals surface area contributed by atoms with E-state index in [-0.39, 0.29) is 11.8 Å². The Morgan fingerprint density at radius 2 is 1.94 bits per heavy atom. The number of anilines is 1. The summed E-state index contributed by atoms with van der Waals surface area (Å²) in [4.78, 5) is 19.4. The summed E-state index contributed by atoms with van der Waals surface area (Å²) in [7, 11) is 1.63. The van der Waals surface area contributed by atoms with E-state index in [1.54, 1.807) is 13.3 Å². The number of carbonyl (C=O) groups is 1. The van der Waals surface area contributed by atoms with Gasteiger partial charge < -0.3 is 29.5 Å². The van der Waals surface area contributed by atoms with Gasteiger partial charge in [0.2, 0.25) is 5.91 Å². The van der Waals surface area contributed by atoms with Crippen LogP contribution in [0.25, 0.3) is 10.9 Å². The fourth-order valence-electron chi connectivity index (χ4n) is 4.65. The minimum atomic E-state index is -0.652. The second-order valence-corrected chi connectivity index (χ2v) is 8.72. The molecule has 0 bridgehead atoms. The van der Waals surface area contributed by atoms with Crippen molar-refractivity contribution >= 4 is 22.5 Å². The number of aliphatic hydroxyl groups is 1. The highest BCUT2D eigenvalue weighted by Crippen LogP contribution is 2.33. The number of aromatic nitrogens is 1. The normalized spacial score (nSPS) is 17.4. The summed E-state index contributed by atoms with van der Waals surface area (Å²) in [5, 5.41) is 14.9. The second-order valence-electron chi connectivity index (χ2n) is 8.72. The first-order valence-corrected chi connectivity index (χ1v) is 11.6. The van der Waals surface area contributed by atoms with Crippen LogP contribution in [-0.4, -0.2) is 60.9 Å². The molecule has 1 amide bonds. The van der Waals surface area contributed by atoms with Crippen LogP contribution in [0.3, 0.4) is 0 Å². The first kappa shape index (κ1) is 22.4. The van der Waals surface area contributed by atoms with E-state index in [4.69, 9.17) is 14.2 Å². The molecule has 1 saturated heterocycles. The molecule has 1 fully saturated rings. The van der Waals surface area contributed by atoms with E-state index in [0.717, 1.165) is 48.1 Å². The molecule has 8 heteroatoms. The molecule has 0 radical (unpaired) electrons. The number of nitrogens with one attached hydrogen (secondary N) is 1. The number of carbonyl (C=O) groups excluding carboxylic acids is 1. The molecule has 5 rings (SSSR count). The van der Waals surface area contributed by atoms with Crippen molar-refractivity contribution in [3.63, 3.8) is 0 Å². The van der Waals surface area contributed by atoms with Gasteiger partial charge >= 0.3 is 0 Å². The number of benzene rings is 2. The quantitative estimate of drug-likeness (QED) is 0.579. The number of hydrogen-bond donors (Lipinski definition) is 2. The number of amides is 1. The molecule has 0 unspecified atom stereocenters. The van der Waals surface area contributed by atoms with Crippen molar-refractivity contribution in [1.29, 1.82) is 0 Å². The van der Waals surface area contributed by atoms with Gasteiger partial charge in [-0.05, 0) is 67.9 Å². The number of aliphatic hydroxyl groups excluding tert-OH is 1. The van der Waals surface area contributed by atoms with Crippen LogP contribution in [0.4, 0.5) is 5.69 Å². The maximum atomic E-state index is 12.8. The molecule has 178 valence electrons. The van der Waals surface area contributed by atoms with Crippen LogP contribution in [0.5, 0.6) is 17.2 Å². The van der Waals surface area contributed by atoms with Crippen LogP contribution >= 0.6 is 0 Å². The van der Waals surface area contributed by atoms with Crippen molar-refractivity contribution in [2.75, 3.05) is 45.3 Å². The number of pyridine rings is 1. The molecule has 2 N–H and O–H groups in total. The maximum absolute atomic E-state index is 12.8. The maximum Gasteiger partial charge on any atom is 0.227 e. The van der Waals surface area contributed by atoms with Crippen LogP contribution in [0.2, 0.25) is 0 Å². The Kier molecular flexibility index (Phi) is 6.51. The molecule has 1 atom stereocenters. The van der Waals surface area contributed by atoms with Gasteiger partial charge in [0.25, 0.3) is 0 Å². The van der Waals surface area contributed by atoms with E-state index in [2.05, 4.69) is 15.2 Å². The third kappa shape index (κ3) is 4.78. The SMILES string of the molecule is COc1ccc2nccc([C@@H](O)CN3CCC(C(=O)Nc4ccc5c(c4)OCCO5)CC3)c2c1. The minimum Gasteiger partial charge on any atom is -0.497 e. The largest absolute Gasteiger partial charge is 0.497 e. The summed E-state index contributed by atoms with van der Waals surface area (Å²) in [6.07, 6.45) is 2.56. The van der Waals surface area contributed by atoms with Crippen LogP contribution in [-0.2, 0) is 4.79 Å². The Hall–Kier alpha value is -3.36. The first-order valence-electron chi connectivity index (χ1n) is 11.6. The third-order valence-electron chi connectivity index (χ3n) is 6.54. The lowest BCUT2D eigenvalue weighted by molar-refractivity contribution is -0.121. The van der Waals surface area contributed by atoms with E-state index in [9.17, 15) is 9.90 Å². The smallest absolute Gasteiger partial charge is 0.227 e. The molecule has 3 heterocycles. The fourth-order valence-corrected chi connectivity index (χ4v) is 4.65. The molecule has 0 spiro atoms. The Balaban J connectivity index is 1.17. The number of rotatable bonds is 6. The van der Waals surface area contributed by atoms with Crippen LogP contribution < -0.4 is 19.5 Å². The lowest BCUT2D eigenvalue weighted by Gasteiger charge is -2.32. The summed E-state index contributed by atoms with van der Waals surface area (Å²) in [6, 6.07) is 13.0. The Labute approximate surface area is 198 Å². The van der Waals surface area contributed by atoms with Crippen molar-refractivity contribution < 1.29 is 24.1 Å². The van der Waals surface area contributed by atoms with Crippen molar-refractivity contribution in [2.24, 2.45) is 5.92 Å². The molecule has 2 aliphatic heterocycles. The van der Waals surface area contributed by atoms with E-state index >= 15 is 0 Å². The standard InChI is InChI=1S/C26H29N3O5/c1-32-19-3-4-22-21(15-19)20(6-9-27-22)23(30)16-29-10-7-17(8-11-29)26(31)28-18-2-5-24-25(14-18)34-13-12-33-24/h2-6,9,14-15,17,23,30H,7-8,10-13,16H2,1H3,(H,28,31)/t23-/m0/s1. The highest BCUT2D eigenvalue weighted by molar-refractivity contribution is 5.93. The number of hydrogen-bond acceptors (Lipinski definition) is 7. The van der Waals surface area contributed by atoms with E-state index in [1.807, 2.05) is 42.5 Å². The molecular weight excluding hydrogens is 434 g/mol. The van der Waals surface area contributed by atoms with Gasteiger partial charge in [0.05, 0.1) is 18.7 Å². The van der Waals surface area contributed by atoms with Crippen molar-refractivity contribution in [3.05, 3.63) is 54.2 Å². The zero-order chi connectivity index (χ0) is 23.5. The van der Waals surface area contributed by atoms with Crippen LogP contribution in [0.1, 0.15) is 24.5 Å². The van der Waals surface area contributed by atoms with E-state index in [0.29, 0.717) is 36.9 Å². The first-order chi connectivity index (χ1) is 16.6. The van der Waals surface area contributed by atoms with Crippen molar-refractivity contribution in [3.8, 4) is 17.2 Å². The van der Waals surface area contributed by atoms with Crippen LogP contribution in [0.15, 0.2) is 48.7 Å². The van der Waals surface area contributed by atoms with Gasteiger partial charge in [0.1, 0.15) is 19.0 Å². The highest BCUT2D eigenvalue weighted by atomic mass is 16.6. The number of nitrogens with zero attached hydrogens (tertiary/aromatic N) is 2. The predicted molar refractivity (Wildman–Crippen MR) is 128 cm³/mol. The molecular formula is C26H29N3O5. The van der Waals surface area contributed by atoms with E-state index in [1.165, 1.54) is 0 Å². The van der Waals surface area contributed by atoms with Crippen LogP contribution in [0, 0.1) is 5.92 Å². The Bertz CT molecular complexity index is 1180. The summed E-state index contributed by atoms with van der Waals surface area (Å²) >= 11 is 0. The average Bonchev–Trinajstić information content (AvgIpc) is 2.88. The number of likely N-dealkylation sites (tertiary alicyclic amines) is 1. The number of methoxy groups -OCH3 is 1. The van der Waals surface area contributed by atoms with Gasteiger partial charge in [-0.3, -0.25) is 9.78 Å². The number of fused-ring (bicyclic) bond motifs is 2. The van der Waals surface area contributed by atoms with E-state index < -0.39 is 6.10 Å². The average molecular weight is 464 g/mol. The molecule has 1 aromatic heterocycles. The molecule has 2 aromatic carbocycles. The Morgan fingerprint density at radius 3 is 2.74 bits per heavy atom. The summed E-state index contributed by atoms with van der Waals surface area (Å²) in [5.74, 6) is 2.06. The van der Waals surface area contributed by atoms with Crippen molar-refractivity contribution in [2.45, 2.75) is 18.9 Å². The fraction of sp³-hybridized carbons (Fsp3) is 0.385. The monoisotopic (exact) mass is 463 g/mol. The lowest BCUT2D eigenvalue weighted by atomic mass is 9.95. The molecule has 0 saturated carbocycles. The number of β-amino-alcohol motifs (C(OH)–C–C–N with tert-alkyl or cyclic N) is 1. The molecule has 34 heavy (non-hydrogen) atoms. The summed E-state index contributed by atoms with van der Waals surface area (Å²) < 4.78 is 16.5. The molecule has 8 nitrogen and oxygen atoms in total. The van der Waals surface area contributed by atoms with Gasteiger partial charge in [-0.15, -0.1) is 0 Å². The highest BCUT2D eigenvalue weighted by Gasteiger charge is 2.27. The number of piperidine rings is 1. The van der Waals surface area contributed by atoms with Gasteiger partial charge in [-0.25, -0.2) is 0 Å². The third-order valence-corrected chi connectivity index (χ3v) is 6.54. The topological polar surface area (TPSA) is 93.2 Å². The van der Waals surface area contributed by atoms with Crippen molar-refractivity contribution in [1.82, 2.24) is 9.88 Å². The van der Waals surface area contributed by atoms with Gasteiger partial charge in [-0.2, -0.15) is 0 Å². The predicted octanol–water partition coefficient (Wildman–Crippen LogP) is 3.40.